The summed E-state index contributed by atoms with van der Waals surface area (Å²) in [5.74, 6) is 0. The Balaban J connectivity index is 1.92. The molecule has 0 amide bonds. The minimum atomic E-state index is 0.252. The predicted octanol–water partition coefficient (Wildman–Crippen LogP) is 7.08. The molecular weight excluding hydrogens is 300 g/mol. The van der Waals surface area contributed by atoms with Crippen molar-refractivity contribution in [2.45, 2.75) is 57.8 Å². The van der Waals surface area contributed by atoms with Crippen LogP contribution < -0.4 is 0 Å². The molecule has 0 atom stereocenters. The lowest BCUT2D eigenvalue weighted by Crippen LogP contribution is -2.24. The van der Waals surface area contributed by atoms with Gasteiger partial charge in [-0.25, -0.2) is 0 Å². The van der Waals surface area contributed by atoms with Crippen LogP contribution in [-0.2, 0) is 5.41 Å². The van der Waals surface area contributed by atoms with Crippen molar-refractivity contribution in [3.05, 3.63) is 70.8 Å². The molecule has 0 unspecified atom stereocenters. The van der Waals surface area contributed by atoms with Crippen molar-refractivity contribution >= 4 is 10.8 Å². The Morgan fingerprint density at radius 2 is 1.44 bits per heavy atom. The van der Waals surface area contributed by atoms with Gasteiger partial charge < -0.3 is 0 Å². The summed E-state index contributed by atoms with van der Waals surface area (Å²) in [6, 6.07) is 18.7. The smallest absolute Gasteiger partial charge is 0.0215 e. The summed E-state index contributed by atoms with van der Waals surface area (Å²) in [6.07, 6.45) is 8.13. The molecule has 2 aliphatic carbocycles. The zero-order valence-electron chi connectivity index (χ0n) is 15.4. The molecule has 5 rings (SSSR count). The third kappa shape index (κ3) is 2.06. The van der Waals surface area contributed by atoms with E-state index >= 15 is 0 Å². The largest absolute Gasteiger partial charge is 0.0616 e. The van der Waals surface area contributed by atoms with E-state index in [4.69, 9.17) is 0 Å². The first kappa shape index (κ1) is 15.2. The van der Waals surface area contributed by atoms with Crippen LogP contribution >= 0.6 is 0 Å². The van der Waals surface area contributed by atoms with Crippen molar-refractivity contribution in [3.63, 3.8) is 0 Å². The van der Waals surface area contributed by atoms with Crippen LogP contribution in [0, 0.1) is 13.8 Å². The van der Waals surface area contributed by atoms with Gasteiger partial charge in [-0.15, -0.1) is 0 Å². The third-order valence-corrected chi connectivity index (χ3v) is 6.68. The molecule has 25 heavy (non-hydrogen) atoms. The fraction of sp³-hybridized carbons (Fsp3) is 0.360. The number of benzene rings is 3. The summed E-state index contributed by atoms with van der Waals surface area (Å²) in [5, 5.41) is 2.86. The molecular formula is C25H26. The van der Waals surface area contributed by atoms with Gasteiger partial charge in [0.2, 0.25) is 0 Å². The molecule has 0 N–H and O–H groups in total. The van der Waals surface area contributed by atoms with Crippen LogP contribution in [0.4, 0.5) is 0 Å². The highest BCUT2D eigenvalue weighted by atomic mass is 14.5. The average Bonchev–Trinajstić information content (AvgIpc) is 2.78. The van der Waals surface area contributed by atoms with Crippen LogP contribution in [0.1, 0.15) is 60.8 Å². The summed E-state index contributed by atoms with van der Waals surface area (Å²) in [7, 11) is 0. The Labute approximate surface area is 150 Å². The Morgan fingerprint density at radius 3 is 2.20 bits per heavy atom. The second-order valence-corrected chi connectivity index (χ2v) is 8.21. The summed E-state index contributed by atoms with van der Waals surface area (Å²) in [6.45, 7) is 4.54. The number of hydrogen-bond acceptors (Lipinski definition) is 0. The third-order valence-electron chi connectivity index (χ3n) is 6.68. The van der Waals surface area contributed by atoms with Gasteiger partial charge in [-0.05, 0) is 65.3 Å². The van der Waals surface area contributed by atoms with Gasteiger partial charge in [0.25, 0.3) is 0 Å². The van der Waals surface area contributed by atoms with Crippen LogP contribution in [0.5, 0.6) is 0 Å². The van der Waals surface area contributed by atoms with Crippen molar-refractivity contribution in [1.29, 1.82) is 0 Å². The molecule has 3 aromatic carbocycles. The fourth-order valence-corrected chi connectivity index (χ4v) is 5.51. The maximum Gasteiger partial charge on any atom is 0.0215 e. The SMILES string of the molecule is Cc1ccc2c(c1)C1(CCCCCC1)c1cc(C)c3ccccc3c1-2. The average molecular weight is 326 g/mol. The van der Waals surface area contributed by atoms with Gasteiger partial charge in [-0.2, -0.15) is 0 Å². The summed E-state index contributed by atoms with van der Waals surface area (Å²) < 4.78 is 0. The highest BCUT2D eigenvalue weighted by Crippen LogP contribution is 2.57. The molecule has 0 heterocycles. The first-order valence-electron chi connectivity index (χ1n) is 9.85. The van der Waals surface area contributed by atoms with E-state index in [0.29, 0.717) is 0 Å². The molecule has 0 aromatic heterocycles. The van der Waals surface area contributed by atoms with Crippen LogP contribution in [-0.4, -0.2) is 0 Å². The minimum Gasteiger partial charge on any atom is -0.0616 e. The lowest BCUT2D eigenvalue weighted by Gasteiger charge is -2.31. The van der Waals surface area contributed by atoms with E-state index in [9.17, 15) is 0 Å². The lowest BCUT2D eigenvalue weighted by molar-refractivity contribution is 0.456. The Bertz CT molecular complexity index is 969. The fourth-order valence-electron chi connectivity index (χ4n) is 5.51. The van der Waals surface area contributed by atoms with Gasteiger partial charge >= 0.3 is 0 Å². The monoisotopic (exact) mass is 326 g/mol. The van der Waals surface area contributed by atoms with Gasteiger partial charge in [-0.1, -0.05) is 79.8 Å². The second kappa shape index (κ2) is 5.46. The van der Waals surface area contributed by atoms with E-state index in [1.807, 2.05) is 0 Å². The molecule has 1 spiro atoms. The summed E-state index contributed by atoms with van der Waals surface area (Å²) in [4.78, 5) is 0. The van der Waals surface area contributed by atoms with Gasteiger partial charge in [0.1, 0.15) is 0 Å². The lowest BCUT2D eigenvalue weighted by atomic mass is 9.71. The maximum atomic E-state index is 2.53. The van der Waals surface area contributed by atoms with Crippen LogP contribution in [0.2, 0.25) is 0 Å². The standard InChI is InChI=1S/C25H26/c1-17-11-12-21-22(15-17)25(13-7-3-4-8-14-25)23-16-18(2)19-9-5-6-10-20(19)24(21)23/h5-6,9-12,15-16H,3-4,7-8,13-14H2,1-2H3. The minimum absolute atomic E-state index is 0.252. The van der Waals surface area contributed by atoms with E-state index in [-0.39, 0.29) is 5.41 Å². The Hall–Kier alpha value is -2.08. The predicted molar refractivity (Wildman–Crippen MR) is 107 cm³/mol. The second-order valence-electron chi connectivity index (χ2n) is 8.21. The normalized spacial score (nSPS) is 18.2. The summed E-state index contributed by atoms with van der Waals surface area (Å²) >= 11 is 0. The number of aryl methyl sites for hydroxylation is 2. The van der Waals surface area contributed by atoms with Crippen LogP contribution in [0.15, 0.2) is 48.5 Å². The molecule has 0 bridgehead atoms. The quantitative estimate of drug-likeness (QED) is 0.414. The highest BCUT2D eigenvalue weighted by Gasteiger charge is 2.43. The number of fused-ring (bicyclic) bond motifs is 7. The van der Waals surface area contributed by atoms with Gasteiger partial charge in [0.05, 0.1) is 0 Å². The van der Waals surface area contributed by atoms with Gasteiger partial charge in [0.15, 0.2) is 0 Å². The van der Waals surface area contributed by atoms with Crippen molar-refractivity contribution < 1.29 is 0 Å². The number of rotatable bonds is 0. The van der Waals surface area contributed by atoms with E-state index in [0.717, 1.165) is 0 Å². The van der Waals surface area contributed by atoms with Crippen molar-refractivity contribution in [2.24, 2.45) is 0 Å². The Morgan fingerprint density at radius 1 is 0.720 bits per heavy atom. The maximum absolute atomic E-state index is 2.53. The van der Waals surface area contributed by atoms with Crippen molar-refractivity contribution in [1.82, 2.24) is 0 Å². The van der Waals surface area contributed by atoms with Gasteiger partial charge in [0, 0.05) is 5.41 Å². The molecule has 0 heteroatoms. The zero-order chi connectivity index (χ0) is 17.0. The first-order chi connectivity index (χ1) is 12.2. The Kier molecular flexibility index (Phi) is 3.32. The van der Waals surface area contributed by atoms with Crippen molar-refractivity contribution in [2.75, 3.05) is 0 Å². The first-order valence-corrected chi connectivity index (χ1v) is 9.85. The van der Waals surface area contributed by atoms with E-state index < -0.39 is 0 Å². The molecule has 0 radical (unpaired) electrons. The number of hydrogen-bond donors (Lipinski definition) is 0. The molecule has 0 aliphatic heterocycles. The highest BCUT2D eigenvalue weighted by molar-refractivity contribution is 6.04. The molecule has 0 nitrogen and oxygen atoms in total. The van der Waals surface area contributed by atoms with E-state index in [1.54, 1.807) is 11.1 Å². The van der Waals surface area contributed by atoms with E-state index in [1.165, 1.54) is 71.6 Å². The zero-order valence-corrected chi connectivity index (χ0v) is 15.4. The molecule has 2 aliphatic rings. The van der Waals surface area contributed by atoms with E-state index in [2.05, 4.69) is 62.4 Å². The summed E-state index contributed by atoms with van der Waals surface area (Å²) in [5.41, 5.74) is 9.34. The van der Waals surface area contributed by atoms with Gasteiger partial charge in [-0.3, -0.25) is 0 Å². The van der Waals surface area contributed by atoms with Crippen LogP contribution in [0.3, 0.4) is 0 Å². The van der Waals surface area contributed by atoms with Crippen LogP contribution in [0.25, 0.3) is 21.9 Å². The molecule has 126 valence electrons. The van der Waals surface area contributed by atoms with Crippen molar-refractivity contribution in [3.8, 4) is 11.1 Å². The molecule has 3 aromatic rings. The topological polar surface area (TPSA) is 0 Å². The molecule has 1 saturated carbocycles. The molecule has 1 fully saturated rings. The molecule has 0 saturated heterocycles.